The zero-order valence-electron chi connectivity index (χ0n) is 20.7. The predicted octanol–water partition coefficient (Wildman–Crippen LogP) is 3.28. The van der Waals surface area contributed by atoms with Gasteiger partial charge in [0.1, 0.15) is 6.04 Å². The van der Waals surface area contributed by atoms with Gasteiger partial charge in [-0.05, 0) is 42.9 Å². The summed E-state index contributed by atoms with van der Waals surface area (Å²) >= 11 is 0. The van der Waals surface area contributed by atoms with Crippen molar-refractivity contribution in [3.8, 4) is 0 Å². The van der Waals surface area contributed by atoms with E-state index in [2.05, 4.69) is 5.32 Å². The Bertz CT molecular complexity index is 840. The molecule has 0 aliphatic heterocycles. The summed E-state index contributed by atoms with van der Waals surface area (Å²) in [7, 11) is 1.70. The average Bonchev–Trinajstić information content (AvgIpc) is 2.73. The number of amides is 2. The lowest BCUT2D eigenvalue weighted by Gasteiger charge is -2.37. The van der Waals surface area contributed by atoms with Gasteiger partial charge in [0.2, 0.25) is 5.91 Å². The van der Waals surface area contributed by atoms with E-state index in [0.29, 0.717) is 17.7 Å². The van der Waals surface area contributed by atoms with Crippen LogP contribution in [-0.2, 0) is 20.9 Å². The first-order valence-corrected chi connectivity index (χ1v) is 11.1. The van der Waals surface area contributed by atoms with Crippen LogP contribution >= 0.6 is 0 Å². The largest absolute Gasteiger partial charge is 0.463 e. The standard InChI is InChI=1S/C25H39N3O4/c1-9-32-24(31)17(4)13-20(16(2)3)28(8)23(30)21(25(5,6)7)27-22(29)19-12-10-11-18(14-19)15-26/h10-14,16,20-21H,9,15,26H2,1-8H3,(H,27,29)/b17-13+/t20-,21-/m1/s1. The van der Waals surface area contributed by atoms with E-state index >= 15 is 0 Å². The number of benzene rings is 1. The fourth-order valence-electron chi connectivity index (χ4n) is 3.37. The molecule has 0 saturated heterocycles. The lowest BCUT2D eigenvalue weighted by molar-refractivity contribution is -0.139. The van der Waals surface area contributed by atoms with Gasteiger partial charge in [0, 0.05) is 24.7 Å². The number of nitrogens with zero attached hydrogens (tertiary/aromatic N) is 1. The Morgan fingerprint density at radius 2 is 1.84 bits per heavy atom. The number of likely N-dealkylation sites (N-methyl/N-ethyl adjacent to an activating group) is 1. The highest BCUT2D eigenvalue weighted by Gasteiger charge is 2.37. The maximum absolute atomic E-state index is 13.5. The number of rotatable bonds is 9. The number of nitrogens with two attached hydrogens (primary N) is 1. The van der Waals surface area contributed by atoms with E-state index in [4.69, 9.17) is 10.5 Å². The smallest absolute Gasteiger partial charge is 0.333 e. The first kappa shape index (κ1) is 27.4. The second-order valence-electron chi connectivity index (χ2n) is 9.43. The predicted molar refractivity (Wildman–Crippen MR) is 127 cm³/mol. The third-order valence-corrected chi connectivity index (χ3v) is 5.31. The number of nitrogens with one attached hydrogen (secondary N) is 1. The highest BCUT2D eigenvalue weighted by molar-refractivity contribution is 5.98. The normalized spacial score (nSPS) is 14.0. The second-order valence-corrected chi connectivity index (χ2v) is 9.43. The lowest BCUT2D eigenvalue weighted by atomic mass is 9.85. The van der Waals surface area contributed by atoms with Crippen LogP contribution in [0.2, 0.25) is 0 Å². The van der Waals surface area contributed by atoms with E-state index < -0.39 is 17.4 Å². The molecule has 7 heteroatoms. The molecule has 2 atom stereocenters. The van der Waals surface area contributed by atoms with Gasteiger partial charge in [0.05, 0.1) is 12.6 Å². The number of carbonyl (C=O) groups is 3. The van der Waals surface area contributed by atoms with E-state index in [1.807, 2.05) is 40.7 Å². The minimum atomic E-state index is -0.765. The van der Waals surface area contributed by atoms with Crippen molar-refractivity contribution in [1.82, 2.24) is 10.2 Å². The van der Waals surface area contributed by atoms with E-state index in [1.54, 1.807) is 50.1 Å². The van der Waals surface area contributed by atoms with Crippen LogP contribution in [0.15, 0.2) is 35.9 Å². The monoisotopic (exact) mass is 445 g/mol. The summed E-state index contributed by atoms with van der Waals surface area (Å²) < 4.78 is 5.07. The summed E-state index contributed by atoms with van der Waals surface area (Å²) in [4.78, 5) is 40.2. The van der Waals surface area contributed by atoms with Gasteiger partial charge in [-0.1, -0.05) is 52.8 Å². The molecule has 0 aliphatic rings. The zero-order chi connectivity index (χ0) is 24.6. The Morgan fingerprint density at radius 1 is 1.22 bits per heavy atom. The fraction of sp³-hybridized carbons (Fsp3) is 0.560. The summed E-state index contributed by atoms with van der Waals surface area (Å²) in [5.74, 6) is -0.918. The first-order valence-electron chi connectivity index (χ1n) is 11.1. The Kier molecular flexibility index (Phi) is 10.1. The van der Waals surface area contributed by atoms with E-state index in [-0.39, 0.29) is 30.4 Å². The molecule has 3 N–H and O–H groups in total. The van der Waals surface area contributed by atoms with Gasteiger partial charge < -0.3 is 20.7 Å². The maximum Gasteiger partial charge on any atom is 0.333 e. The van der Waals surface area contributed by atoms with Gasteiger partial charge >= 0.3 is 5.97 Å². The minimum absolute atomic E-state index is 0.0471. The minimum Gasteiger partial charge on any atom is -0.463 e. The molecule has 0 spiro atoms. The molecule has 0 fully saturated rings. The SMILES string of the molecule is CCOC(=O)/C(C)=C/[C@H](C(C)C)N(C)C(=O)[C@@H](NC(=O)c1cccc(CN)c1)C(C)(C)C. The summed E-state index contributed by atoms with van der Waals surface area (Å²) in [6, 6.07) is 5.95. The van der Waals surface area contributed by atoms with Crippen molar-refractivity contribution in [2.24, 2.45) is 17.1 Å². The Morgan fingerprint density at radius 3 is 2.34 bits per heavy atom. The molecule has 0 heterocycles. The van der Waals surface area contributed by atoms with Crippen molar-refractivity contribution >= 4 is 17.8 Å². The number of hydrogen-bond donors (Lipinski definition) is 2. The molecule has 7 nitrogen and oxygen atoms in total. The molecule has 1 aromatic rings. The molecule has 0 aliphatic carbocycles. The van der Waals surface area contributed by atoms with Crippen LogP contribution in [0.25, 0.3) is 0 Å². The van der Waals surface area contributed by atoms with Crippen LogP contribution in [0.4, 0.5) is 0 Å². The molecule has 0 radical (unpaired) electrons. The van der Waals surface area contributed by atoms with Crippen LogP contribution in [0.5, 0.6) is 0 Å². The summed E-state index contributed by atoms with van der Waals surface area (Å²) in [6.07, 6.45) is 1.76. The van der Waals surface area contributed by atoms with Crippen LogP contribution in [0.3, 0.4) is 0 Å². The maximum atomic E-state index is 13.5. The molecule has 0 unspecified atom stereocenters. The van der Waals surface area contributed by atoms with Crippen molar-refractivity contribution in [2.45, 2.75) is 67.1 Å². The number of hydrogen-bond acceptors (Lipinski definition) is 5. The van der Waals surface area contributed by atoms with Crippen LogP contribution in [0, 0.1) is 11.3 Å². The molecule has 0 aromatic heterocycles. The molecular formula is C25H39N3O4. The van der Waals surface area contributed by atoms with Crippen LogP contribution in [0.1, 0.15) is 64.4 Å². The molecule has 178 valence electrons. The summed E-state index contributed by atoms with van der Waals surface area (Å²) in [6.45, 7) is 13.7. The second kappa shape index (κ2) is 11.8. The summed E-state index contributed by atoms with van der Waals surface area (Å²) in [5.41, 5.74) is 6.89. The topological polar surface area (TPSA) is 102 Å². The van der Waals surface area contributed by atoms with Gasteiger partial charge in [0.15, 0.2) is 0 Å². The highest BCUT2D eigenvalue weighted by atomic mass is 16.5. The van der Waals surface area contributed by atoms with Gasteiger partial charge in [-0.3, -0.25) is 9.59 Å². The van der Waals surface area contributed by atoms with Gasteiger partial charge in [-0.2, -0.15) is 0 Å². The Hall–Kier alpha value is -2.67. The zero-order valence-corrected chi connectivity index (χ0v) is 20.7. The molecule has 1 aromatic carbocycles. The fourth-order valence-corrected chi connectivity index (χ4v) is 3.37. The van der Waals surface area contributed by atoms with Crippen molar-refractivity contribution < 1.29 is 19.1 Å². The van der Waals surface area contributed by atoms with Crippen molar-refractivity contribution in [2.75, 3.05) is 13.7 Å². The third-order valence-electron chi connectivity index (χ3n) is 5.31. The number of esters is 1. The molecule has 0 saturated carbocycles. The van der Waals surface area contributed by atoms with E-state index in [0.717, 1.165) is 5.56 Å². The van der Waals surface area contributed by atoms with Gasteiger partial charge in [-0.15, -0.1) is 0 Å². The molecule has 2 amide bonds. The van der Waals surface area contributed by atoms with Crippen molar-refractivity contribution in [1.29, 1.82) is 0 Å². The Balaban J connectivity index is 3.20. The van der Waals surface area contributed by atoms with E-state index in [9.17, 15) is 14.4 Å². The van der Waals surface area contributed by atoms with Crippen LogP contribution in [-0.4, -0.2) is 48.4 Å². The quantitative estimate of drug-likeness (QED) is 0.449. The molecule has 32 heavy (non-hydrogen) atoms. The van der Waals surface area contributed by atoms with Crippen molar-refractivity contribution in [3.63, 3.8) is 0 Å². The average molecular weight is 446 g/mol. The van der Waals surface area contributed by atoms with Crippen molar-refractivity contribution in [3.05, 3.63) is 47.0 Å². The third kappa shape index (κ3) is 7.48. The van der Waals surface area contributed by atoms with Gasteiger partial charge in [0.25, 0.3) is 5.91 Å². The van der Waals surface area contributed by atoms with E-state index in [1.165, 1.54) is 0 Å². The lowest BCUT2D eigenvalue weighted by Crippen LogP contribution is -2.56. The highest BCUT2D eigenvalue weighted by Crippen LogP contribution is 2.24. The van der Waals surface area contributed by atoms with Gasteiger partial charge in [-0.25, -0.2) is 4.79 Å². The number of ether oxygens (including phenoxy) is 1. The molecule has 1 rings (SSSR count). The Labute approximate surface area is 192 Å². The number of carbonyl (C=O) groups excluding carboxylic acids is 3. The first-order chi connectivity index (χ1) is 14.8. The van der Waals surface area contributed by atoms with Crippen LogP contribution < -0.4 is 11.1 Å². The molecular weight excluding hydrogens is 406 g/mol. The molecule has 0 bridgehead atoms. The summed E-state index contributed by atoms with van der Waals surface area (Å²) in [5, 5.41) is 2.91.